The third kappa shape index (κ3) is 12.4. The molecule has 0 spiro atoms. The molecule has 0 atom stereocenters. The molecule has 0 fully saturated rings. The van der Waals surface area contributed by atoms with Crippen LogP contribution in [0.15, 0.2) is 36.5 Å². The van der Waals surface area contributed by atoms with Gasteiger partial charge >= 0.3 is 0 Å². The molecule has 0 saturated heterocycles. The van der Waals surface area contributed by atoms with E-state index in [9.17, 15) is 4.79 Å². The third-order valence-electron chi connectivity index (χ3n) is 3.87. The Balaban J connectivity index is 3.44. The number of unbranched alkanes of at least 4 members (excludes halogenated alkanes) is 4. The van der Waals surface area contributed by atoms with Gasteiger partial charge < -0.3 is 5.73 Å². The van der Waals surface area contributed by atoms with E-state index in [2.05, 4.69) is 43.4 Å². The quantitative estimate of drug-likeness (QED) is 0.344. The largest absolute Gasteiger partial charge is 0.369 e. The van der Waals surface area contributed by atoms with Crippen LogP contribution >= 0.6 is 0 Å². The fourth-order valence-electron chi connectivity index (χ4n) is 2.13. The molecular formula is C20H35NO. The second-order valence-corrected chi connectivity index (χ2v) is 6.49. The summed E-state index contributed by atoms with van der Waals surface area (Å²) < 4.78 is 0. The minimum Gasteiger partial charge on any atom is -0.369 e. The summed E-state index contributed by atoms with van der Waals surface area (Å²) in [6, 6.07) is 0. The van der Waals surface area contributed by atoms with Crippen molar-refractivity contribution in [3.63, 3.8) is 0 Å². The second kappa shape index (κ2) is 13.4. The normalized spacial score (nSPS) is 12.9. The first-order chi connectivity index (χ1) is 10.5. The maximum Gasteiger partial charge on any atom is 0.223 e. The molecule has 22 heavy (non-hydrogen) atoms. The van der Waals surface area contributed by atoms with Crippen LogP contribution in [-0.4, -0.2) is 5.91 Å². The zero-order valence-electron chi connectivity index (χ0n) is 14.8. The molecule has 0 aliphatic rings. The minimum atomic E-state index is -0.349. The lowest BCUT2D eigenvalue weighted by atomic mass is 9.86. The zero-order valence-corrected chi connectivity index (χ0v) is 14.8. The third-order valence-corrected chi connectivity index (χ3v) is 3.87. The zero-order chi connectivity index (χ0) is 16.7. The predicted molar refractivity (Wildman–Crippen MR) is 97.6 cm³/mol. The Kier molecular flexibility index (Phi) is 12.6. The molecule has 0 aromatic rings. The number of rotatable bonds is 13. The number of nitrogens with two attached hydrogens (primary N) is 1. The molecule has 0 rings (SSSR count). The smallest absolute Gasteiger partial charge is 0.223 e. The highest BCUT2D eigenvalue weighted by atomic mass is 16.1. The van der Waals surface area contributed by atoms with E-state index in [1.165, 1.54) is 19.3 Å². The van der Waals surface area contributed by atoms with Crippen molar-refractivity contribution < 1.29 is 4.79 Å². The van der Waals surface area contributed by atoms with E-state index in [0.29, 0.717) is 0 Å². The van der Waals surface area contributed by atoms with Crippen molar-refractivity contribution in [1.29, 1.82) is 0 Å². The lowest BCUT2D eigenvalue weighted by Gasteiger charge is -2.19. The SMILES string of the molecule is CC/C=C\C/C=C\C/C=C\CCCCCCC(C)(C)C(N)=O. The molecule has 0 saturated carbocycles. The van der Waals surface area contributed by atoms with Crippen LogP contribution in [0.1, 0.15) is 78.6 Å². The van der Waals surface area contributed by atoms with E-state index < -0.39 is 0 Å². The number of hydrogen-bond acceptors (Lipinski definition) is 1. The lowest BCUT2D eigenvalue weighted by molar-refractivity contribution is -0.126. The van der Waals surface area contributed by atoms with E-state index in [0.717, 1.165) is 38.5 Å². The van der Waals surface area contributed by atoms with Crippen molar-refractivity contribution in [2.45, 2.75) is 78.6 Å². The van der Waals surface area contributed by atoms with Crippen LogP contribution in [0, 0.1) is 5.41 Å². The van der Waals surface area contributed by atoms with E-state index in [4.69, 9.17) is 5.73 Å². The molecule has 0 aliphatic heterocycles. The van der Waals surface area contributed by atoms with Crippen LogP contribution in [0.3, 0.4) is 0 Å². The molecule has 0 unspecified atom stereocenters. The first-order valence-electron chi connectivity index (χ1n) is 8.75. The van der Waals surface area contributed by atoms with Crippen molar-refractivity contribution >= 4 is 5.91 Å². The maximum absolute atomic E-state index is 11.2. The molecule has 0 aromatic carbocycles. The highest BCUT2D eigenvalue weighted by molar-refractivity contribution is 5.79. The molecule has 1 amide bonds. The van der Waals surface area contributed by atoms with Gasteiger partial charge in [-0.1, -0.05) is 76.5 Å². The highest BCUT2D eigenvalue weighted by Gasteiger charge is 2.23. The van der Waals surface area contributed by atoms with Crippen LogP contribution in [0.2, 0.25) is 0 Å². The Morgan fingerprint density at radius 1 is 0.864 bits per heavy atom. The summed E-state index contributed by atoms with van der Waals surface area (Å²) in [7, 11) is 0. The second-order valence-electron chi connectivity index (χ2n) is 6.49. The van der Waals surface area contributed by atoms with Gasteiger partial charge in [0.15, 0.2) is 0 Å². The Morgan fingerprint density at radius 2 is 1.41 bits per heavy atom. The Morgan fingerprint density at radius 3 is 2.00 bits per heavy atom. The van der Waals surface area contributed by atoms with Crippen molar-refractivity contribution in [3.8, 4) is 0 Å². The molecule has 0 aromatic heterocycles. The summed E-state index contributed by atoms with van der Waals surface area (Å²) in [5, 5.41) is 0. The number of carbonyl (C=O) groups excluding carboxylic acids is 1. The molecule has 2 heteroatoms. The Bertz CT molecular complexity index is 364. The van der Waals surface area contributed by atoms with Crippen LogP contribution < -0.4 is 5.73 Å². The van der Waals surface area contributed by atoms with Crippen LogP contribution in [0.25, 0.3) is 0 Å². The first-order valence-corrected chi connectivity index (χ1v) is 8.75. The number of allylic oxidation sites excluding steroid dienone is 6. The van der Waals surface area contributed by atoms with E-state index in [-0.39, 0.29) is 11.3 Å². The van der Waals surface area contributed by atoms with Gasteiger partial charge in [0, 0.05) is 5.41 Å². The molecular weight excluding hydrogens is 270 g/mol. The summed E-state index contributed by atoms with van der Waals surface area (Å²) in [4.78, 5) is 11.2. The fraction of sp³-hybridized carbons (Fsp3) is 0.650. The van der Waals surface area contributed by atoms with Gasteiger partial charge in [-0.15, -0.1) is 0 Å². The van der Waals surface area contributed by atoms with Gasteiger partial charge in [-0.3, -0.25) is 4.79 Å². The highest BCUT2D eigenvalue weighted by Crippen LogP contribution is 2.23. The number of carbonyl (C=O) groups is 1. The Hall–Kier alpha value is -1.31. The molecule has 2 nitrogen and oxygen atoms in total. The van der Waals surface area contributed by atoms with Crippen molar-refractivity contribution in [1.82, 2.24) is 0 Å². The number of amides is 1. The van der Waals surface area contributed by atoms with Gasteiger partial charge in [0.25, 0.3) is 0 Å². The van der Waals surface area contributed by atoms with Crippen LogP contribution in [-0.2, 0) is 4.79 Å². The summed E-state index contributed by atoms with van der Waals surface area (Å²) >= 11 is 0. The topological polar surface area (TPSA) is 43.1 Å². The molecule has 0 bridgehead atoms. The summed E-state index contributed by atoms with van der Waals surface area (Å²) in [5.74, 6) is -0.186. The van der Waals surface area contributed by atoms with Gasteiger partial charge in [0.1, 0.15) is 0 Å². The molecule has 0 heterocycles. The van der Waals surface area contributed by atoms with Gasteiger partial charge in [-0.25, -0.2) is 0 Å². The predicted octanol–water partition coefficient (Wildman–Crippen LogP) is 5.70. The van der Waals surface area contributed by atoms with Gasteiger partial charge in [0.2, 0.25) is 5.91 Å². The monoisotopic (exact) mass is 305 g/mol. The average Bonchev–Trinajstić information content (AvgIpc) is 2.47. The number of hydrogen-bond donors (Lipinski definition) is 1. The molecule has 0 radical (unpaired) electrons. The molecule has 126 valence electrons. The van der Waals surface area contributed by atoms with Crippen LogP contribution in [0.4, 0.5) is 0 Å². The van der Waals surface area contributed by atoms with E-state index in [1.807, 2.05) is 13.8 Å². The number of primary amides is 1. The van der Waals surface area contributed by atoms with Crippen molar-refractivity contribution in [2.24, 2.45) is 11.1 Å². The summed E-state index contributed by atoms with van der Waals surface area (Å²) in [6.45, 7) is 6.02. The fourth-order valence-corrected chi connectivity index (χ4v) is 2.13. The van der Waals surface area contributed by atoms with Crippen molar-refractivity contribution in [2.75, 3.05) is 0 Å². The average molecular weight is 306 g/mol. The first kappa shape index (κ1) is 20.7. The van der Waals surface area contributed by atoms with E-state index >= 15 is 0 Å². The lowest BCUT2D eigenvalue weighted by Crippen LogP contribution is -2.31. The Labute approximate surface area is 137 Å². The van der Waals surface area contributed by atoms with Crippen molar-refractivity contribution in [3.05, 3.63) is 36.5 Å². The standard InChI is InChI=1S/C20H35NO/c1-4-5-6-7-8-9-10-11-12-13-14-15-16-17-18-20(2,3)19(21)22/h5-6,8-9,11-12H,4,7,10,13-18H2,1-3H3,(H2,21,22)/b6-5-,9-8-,12-11-. The van der Waals surface area contributed by atoms with Gasteiger partial charge in [-0.05, 0) is 38.5 Å². The van der Waals surface area contributed by atoms with Gasteiger partial charge in [-0.2, -0.15) is 0 Å². The molecule has 0 aliphatic carbocycles. The van der Waals surface area contributed by atoms with E-state index in [1.54, 1.807) is 0 Å². The van der Waals surface area contributed by atoms with Crippen LogP contribution in [0.5, 0.6) is 0 Å². The molecule has 2 N–H and O–H groups in total. The summed E-state index contributed by atoms with van der Waals surface area (Å²) in [5.41, 5.74) is 5.02. The minimum absolute atomic E-state index is 0.186. The summed E-state index contributed by atoms with van der Waals surface area (Å²) in [6.07, 6.45) is 23.4. The maximum atomic E-state index is 11.2. The van der Waals surface area contributed by atoms with Gasteiger partial charge in [0.05, 0.1) is 0 Å².